The number of aromatic nitrogens is 4. The molecule has 2 aromatic heterocycles. The van der Waals surface area contributed by atoms with Gasteiger partial charge >= 0.3 is 6.09 Å². The van der Waals surface area contributed by atoms with Crippen LogP contribution >= 0.6 is 0 Å². The van der Waals surface area contributed by atoms with Crippen molar-refractivity contribution in [3.8, 4) is 0 Å². The van der Waals surface area contributed by atoms with Gasteiger partial charge in [-0.1, -0.05) is 17.3 Å². The molecule has 0 radical (unpaired) electrons. The van der Waals surface area contributed by atoms with Crippen LogP contribution in [0.25, 0.3) is 10.9 Å². The molecule has 0 aliphatic rings. The van der Waals surface area contributed by atoms with Crippen molar-refractivity contribution in [2.75, 3.05) is 6.61 Å². The second-order valence-electron chi connectivity index (χ2n) is 5.53. The Morgan fingerprint density at radius 1 is 1.29 bits per heavy atom. The molecule has 1 aromatic carbocycles. The summed E-state index contributed by atoms with van der Waals surface area (Å²) in [7, 11) is 0. The van der Waals surface area contributed by atoms with Crippen LogP contribution in [0.5, 0.6) is 0 Å². The molecular weight excluding hydrogens is 308 g/mol. The van der Waals surface area contributed by atoms with Crippen molar-refractivity contribution in [1.29, 1.82) is 0 Å². The van der Waals surface area contributed by atoms with E-state index in [0.717, 1.165) is 16.8 Å². The van der Waals surface area contributed by atoms with Crippen LogP contribution in [-0.2, 0) is 24.4 Å². The second-order valence-corrected chi connectivity index (χ2v) is 5.53. The average Bonchev–Trinajstić information content (AvgIpc) is 3.18. The van der Waals surface area contributed by atoms with Gasteiger partial charge in [0.1, 0.15) is 5.69 Å². The highest BCUT2D eigenvalue weighted by atomic mass is 16.5. The number of carbonyl (C=O) groups excluding carboxylic acids is 1. The Bertz CT molecular complexity index is 838. The fraction of sp³-hybridized carbons (Fsp3) is 0.312. The summed E-state index contributed by atoms with van der Waals surface area (Å²) in [4.78, 5) is 10.5. The van der Waals surface area contributed by atoms with Crippen molar-refractivity contribution < 1.29 is 9.53 Å². The van der Waals surface area contributed by atoms with Crippen molar-refractivity contribution >= 4 is 17.0 Å². The molecule has 1 amide bonds. The van der Waals surface area contributed by atoms with Crippen LogP contribution in [0.3, 0.4) is 0 Å². The highest BCUT2D eigenvalue weighted by molar-refractivity contribution is 5.80. The molecule has 8 nitrogen and oxygen atoms in total. The molecule has 0 fully saturated rings. The molecule has 0 bridgehead atoms. The number of ether oxygens (including phenoxy) is 1. The first-order valence-corrected chi connectivity index (χ1v) is 7.75. The molecule has 8 heteroatoms. The normalized spacial score (nSPS) is 11.0. The Morgan fingerprint density at radius 2 is 2.17 bits per heavy atom. The molecule has 0 saturated carbocycles. The van der Waals surface area contributed by atoms with Crippen LogP contribution in [0, 0.1) is 0 Å². The molecule has 0 saturated heterocycles. The zero-order valence-corrected chi connectivity index (χ0v) is 13.3. The number of benzene rings is 1. The van der Waals surface area contributed by atoms with Gasteiger partial charge in [0.05, 0.1) is 19.3 Å². The summed E-state index contributed by atoms with van der Waals surface area (Å²) in [5.41, 5.74) is 13.7. The summed E-state index contributed by atoms with van der Waals surface area (Å²) in [6.45, 7) is 2.04. The summed E-state index contributed by atoms with van der Waals surface area (Å²) in [5.74, 6) is 0. The molecule has 0 unspecified atom stereocenters. The number of amides is 1. The Hall–Kier alpha value is -2.87. The highest BCUT2D eigenvalue weighted by Gasteiger charge is 2.06. The predicted molar refractivity (Wildman–Crippen MR) is 89.1 cm³/mol. The maximum absolute atomic E-state index is 10.5. The summed E-state index contributed by atoms with van der Waals surface area (Å²) in [5, 5.41) is 9.45. The number of primary amides is 1. The molecular formula is C16H20N6O2. The van der Waals surface area contributed by atoms with Gasteiger partial charge in [-0.15, -0.1) is 5.10 Å². The van der Waals surface area contributed by atoms with E-state index in [0.29, 0.717) is 26.1 Å². The fourth-order valence-electron chi connectivity index (χ4n) is 2.59. The number of hydrogen-bond acceptors (Lipinski definition) is 5. The van der Waals surface area contributed by atoms with E-state index in [9.17, 15) is 4.79 Å². The van der Waals surface area contributed by atoms with E-state index in [1.54, 1.807) is 4.68 Å². The molecule has 4 N–H and O–H groups in total. The van der Waals surface area contributed by atoms with Gasteiger partial charge in [-0.25, -0.2) is 4.79 Å². The number of nitrogens with zero attached hydrogens (tertiary/aromatic N) is 4. The van der Waals surface area contributed by atoms with Crippen molar-refractivity contribution in [1.82, 2.24) is 19.6 Å². The third-order valence-corrected chi connectivity index (χ3v) is 3.77. The van der Waals surface area contributed by atoms with Crippen LogP contribution in [0.1, 0.15) is 17.7 Å². The molecule has 0 spiro atoms. The van der Waals surface area contributed by atoms with Gasteiger partial charge in [-0.05, 0) is 23.1 Å². The standard InChI is InChI=1S/C16H20N6O2/c17-9-12-2-3-13-4-6-21(15(13)8-12)10-14-11-22(20-19-14)5-1-7-24-16(18)23/h2-4,6,8,11H,1,5,7,9-10,17H2,(H2,18,23). The number of carbonyl (C=O) groups is 1. The third kappa shape index (κ3) is 3.72. The molecule has 0 aliphatic heterocycles. The highest BCUT2D eigenvalue weighted by Crippen LogP contribution is 2.18. The number of fused-ring (bicyclic) bond motifs is 1. The Balaban J connectivity index is 1.65. The van der Waals surface area contributed by atoms with Gasteiger partial charge in [0, 0.05) is 31.2 Å². The van der Waals surface area contributed by atoms with E-state index in [1.165, 1.54) is 5.39 Å². The number of nitrogens with two attached hydrogens (primary N) is 2. The third-order valence-electron chi connectivity index (χ3n) is 3.77. The SMILES string of the molecule is NCc1ccc2ccn(Cc3cn(CCCOC(N)=O)nn3)c2c1. The minimum atomic E-state index is -0.759. The molecule has 3 aromatic rings. The maximum Gasteiger partial charge on any atom is 0.404 e. The number of aryl methyl sites for hydroxylation is 1. The summed E-state index contributed by atoms with van der Waals surface area (Å²) >= 11 is 0. The summed E-state index contributed by atoms with van der Waals surface area (Å²) in [6, 6.07) is 8.28. The molecule has 2 heterocycles. The smallest absolute Gasteiger partial charge is 0.404 e. The second kappa shape index (κ2) is 7.14. The van der Waals surface area contributed by atoms with Crippen molar-refractivity contribution in [3.63, 3.8) is 0 Å². The molecule has 0 atom stereocenters. The molecule has 24 heavy (non-hydrogen) atoms. The van der Waals surface area contributed by atoms with Crippen LogP contribution in [0.15, 0.2) is 36.7 Å². The van der Waals surface area contributed by atoms with Gasteiger partial charge in [-0.2, -0.15) is 0 Å². The lowest BCUT2D eigenvalue weighted by atomic mass is 10.1. The summed E-state index contributed by atoms with van der Waals surface area (Å²) in [6.07, 6.45) is 3.80. The van der Waals surface area contributed by atoms with Crippen molar-refractivity contribution in [3.05, 3.63) is 47.9 Å². The van der Waals surface area contributed by atoms with E-state index in [4.69, 9.17) is 11.5 Å². The Labute approximate surface area is 139 Å². The molecule has 3 rings (SSSR count). The Kier molecular flexibility index (Phi) is 4.76. The average molecular weight is 328 g/mol. The molecule has 126 valence electrons. The van der Waals surface area contributed by atoms with E-state index in [2.05, 4.69) is 37.8 Å². The Morgan fingerprint density at radius 3 is 2.96 bits per heavy atom. The zero-order valence-electron chi connectivity index (χ0n) is 13.3. The predicted octanol–water partition coefficient (Wildman–Crippen LogP) is 1.23. The first kappa shape index (κ1) is 16.0. The van der Waals surface area contributed by atoms with Crippen LogP contribution < -0.4 is 11.5 Å². The lowest BCUT2D eigenvalue weighted by Gasteiger charge is -2.04. The number of hydrogen-bond donors (Lipinski definition) is 2. The van der Waals surface area contributed by atoms with E-state index in [1.807, 2.05) is 18.5 Å². The van der Waals surface area contributed by atoms with Gasteiger partial charge in [0.2, 0.25) is 0 Å². The monoisotopic (exact) mass is 328 g/mol. The first-order valence-electron chi connectivity index (χ1n) is 7.75. The zero-order chi connectivity index (χ0) is 16.9. The van der Waals surface area contributed by atoms with E-state index < -0.39 is 6.09 Å². The van der Waals surface area contributed by atoms with Gasteiger partial charge in [-0.3, -0.25) is 4.68 Å². The van der Waals surface area contributed by atoms with Crippen molar-refractivity contribution in [2.45, 2.75) is 26.1 Å². The van der Waals surface area contributed by atoms with E-state index >= 15 is 0 Å². The maximum atomic E-state index is 10.5. The minimum absolute atomic E-state index is 0.272. The van der Waals surface area contributed by atoms with Crippen LogP contribution in [0.2, 0.25) is 0 Å². The van der Waals surface area contributed by atoms with Gasteiger partial charge in [0.25, 0.3) is 0 Å². The van der Waals surface area contributed by atoms with Gasteiger partial charge < -0.3 is 20.8 Å². The fourth-order valence-corrected chi connectivity index (χ4v) is 2.59. The molecule has 0 aliphatic carbocycles. The van der Waals surface area contributed by atoms with Crippen LogP contribution in [0.4, 0.5) is 4.79 Å². The van der Waals surface area contributed by atoms with E-state index in [-0.39, 0.29) is 6.61 Å². The first-order chi connectivity index (χ1) is 11.7. The topological polar surface area (TPSA) is 114 Å². The minimum Gasteiger partial charge on any atom is -0.450 e. The van der Waals surface area contributed by atoms with Gasteiger partial charge in [0.15, 0.2) is 0 Å². The largest absolute Gasteiger partial charge is 0.450 e. The lowest BCUT2D eigenvalue weighted by Crippen LogP contribution is -2.14. The quantitative estimate of drug-likeness (QED) is 0.633. The number of rotatable bonds is 7. The summed E-state index contributed by atoms with van der Waals surface area (Å²) < 4.78 is 8.55. The van der Waals surface area contributed by atoms with Crippen molar-refractivity contribution in [2.24, 2.45) is 11.5 Å². The van der Waals surface area contributed by atoms with Crippen LogP contribution in [-0.4, -0.2) is 32.3 Å². The lowest BCUT2D eigenvalue weighted by molar-refractivity contribution is 0.153.